The molecule has 0 aliphatic carbocycles. The van der Waals surface area contributed by atoms with E-state index in [1.54, 1.807) is 45.0 Å². The Morgan fingerprint density at radius 1 is 1.38 bits per heavy atom. The van der Waals surface area contributed by atoms with Crippen molar-refractivity contribution in [2.24, 2.45) is 0 Å². The summed E-state index contributed by atoms with van der Waals surface area (Å²) in [6.45, 7) is 5.11. The number of nitrogens with one attached hydrogen (secondary N) is 1. The number of cyclic esters (lactones) is 1. The Hall–Kier alpha value is -2.08. The number of esters is 1. The largest absolute Gasteiger partial charge is 0.460 e. The van der Waals surface area contributed by atoms with Gasteiger partial charge in [-0.25, -0.2) is 9.59 Å². The van der Waals surface area contributed by atoms with Gasteiger partial charge in [0.15, 0.2) is 0 Å². The fraction of sp³-hybridized carbons (Fsp3) is 0.467. The molecule has 1 aromatic rings. The average Bonchev–Trinajstić information content (AvgIpc) is 2.50. The number of hydrogen-bond donors (Lipinski definition) is 2. The van der Waals surface area contributed by atoms with Gasteiger partial charge in [0.25, 0.3) is 0 Å². The molecule has 0 fully saturated rings. The van der Waals surface area contributed by atoms with E-state index in [9.17, 15) is 14.7 Å². The third-order valence-corrected chi connectivity index (χ3v) is 2.98. The highest BCUT2D eigenvalue weighted by atomic mass is 16.6. The summed E-state index contributed by atoms with van der Waals surface area (Å²) >= 11 is 0. The van der Waals surface area contributed by atoms with Gasteiger partial charge in [-0.3, -0.25) is 0 Å². The molecule has 2 atom stereocenters. The first kappa shape index (κ1) is 15.3. The zero-order valence-corrected chi connectivity index (χ0v) is 12.3. The lowest BCUT2D eigenvalue weighted by Gasteiger charge is -2.25. The van der Waals surface area contributed by atoms with Crippen molar-refractivity contribution in [3.8, 4) is 0 Å². The summed E-state index contributed by atoms with van der Waals surface area (Å²) in [7, 11) is 0. The first-order valence-electron chi connectivity index (χ1n) is 6.71. The molecule has 6 heteroatoms. The van der Waals surface area contributed by atoms with Gasteiger partial charge in [0.2, 0.25) is 0 Å². The zero-order chi connectivity index (χ0) is 15.6. The van der Waals surface area contributed by atoms with Crippen LogP contribution < -0.4 is 5.32 Å². The molecule has 6 nitrogen and oxygen atoms in total. The van der Waals surface area contributed by atoms with Crippen LogP contribution in [0.3, 0.4) is 0 Å². The Morgan fingerprint density at radius 2 is 2.05 bits per heavy atom. The van der Waals surface area contributed by atoms with Crippen molar-refractivity contribution in [3.05, 3.63) is 35.4 Å². The van der Waals surface area contributed by atoms with Gasteiger partial charge >= 0.3 is 12.1 Å². The number of amides is 1. The molecule has 0 unspecified atom stereocenters. The number of rotatable bonds is 1. The van der Waals surface area contributed by atoms with Crippen LogP contribution in [0.2, 0.25) is 0 Å². The van der Waals surface area contributed by atoms with Gasteiger partial charge in [-0.1, -0.05) is 18.2 Å². The topological polar surface area (TPSA) is 84.9 Å². The van der Waals surface area contributed by atoms with E-state index in [0.717, 1.165) is 0 Å². The summed E-state index contributed by atoms with van der Waals surface area (Å²) < 4.78 is 10.2. The summed E-state index contributed by atoms with van der Waals surface area (Å²) in [6.07, 6.45) is -1.71. The van der Waals surface area contributed by atoms with Gasteiger partial charge in [-0.05, 0) is 32.4 Å². The van der Waals surface area contributed by atoms with Gasteiger partial charge in [-0.2, -0.15) is 0 Å². The molecular weight excluding hydrogens is 274 g/mol. The van der Waals surface area contributed by atoms with E-state index in [1.165, 1.54) is 0 Å². The van der Waals surface area contributed by atoms with Crippen LogP contribution in [0.1, 0.15) is 42.8 Å². The number of aliphatic hydroxyl groups excluding tert-OH is 1. The van der Waals surface area contributed by atoms with Crippen molar-refractivity contribution in [1.29, 1.82) is 0 Å². The number of alkyl carbamates (subject to hydrolysis) is 1. The summed E-state index contributed by atoms with van der Waals surface area (Å²) in [5, 5.41) is 12.9. The number of aliphatic hydroxyl groups is 1. The van der Waals surface area contributed by atoms with Crippen molar-refractivity contribution in [2.45, 2.75) is 38.5 Å². The van der Waals surface area contributed by atoms with E-state index in [1.807, 2.05) is 0 Å². The Morgan fingerprint density at radius 3 is 2.71 bits per heavy atom. The van der Waals surface area contributed by atoms with Gasteiger partial charge in [0.05, 0.1) is 11.6 Å². The number of carbonyl (C=O) groups excluding carboxylic acids is 2. The number of fused-ring (bicyclic) bond motifs is 1. The Balaban J connectivity index is 2.16. The van der Waals surface area contributed by atoms with Crippen LogP contribution in [-0.4, -0.2) is 35.4 Å². The highest BCUT2D eigenvalue weighted by Gasteiger charge is 2.32. The Kier molecular flexibility index (Phi) is 4.18. The lowest BCUT2D eigenvalue weighted by Crippen LogP contribution is -2.44. The summed E-state index contributed by atoms with van der Waals surface area (Å²) in [4.78, 5) is 23.6. The molecule has 0 aromatic heterocycles. The molecule has 2 rings (SSSR count). The minimum Gasteiger partial charge on any atom is -0.460 e. The highest BCUT2D eigenvalue weighted by Crippen LogP contribution is 2.25. The van der Waals surface area contributed by atoms with Crippen LogP contribution in [0, 0.1) is 0 Å². The second-order valence-electron chi connectivity index (χ2n) is 5.88. The van der Waals surface area contributed by atoms with Gasteiger partial charge in [0, 0.05) is 0 Å². The second kappa shape index (κ2) is 5.73. The van der Waals surface area contributed by atoms with Crippen LogP contribution in [-0.2, 0) is 9.47 Å². The van der Waals surface area contributed by atoms with Gasteiger partial charge in [0.1, 0.15) is 18.3 Å². The van der Waals surface area contributed by atoms with Crippen molar-refractivity contribution in [2.75, 3.05) is 6.61 Å². The number of benzene rings is 1. The molecule has 1 aliphatic heterocycles. The maximum absolute atomic E-state index is 11.8. The predicted molar refractivity (Wildman–Crippen MR) is 74.8 cm³/mol. The normalized spacial score (nSPS) is 21.8. The molecule has 1 aliphatic rings. The third-order valence-electron chi connectivity index (χ3n) is 2.98. The van der Waals surface area contributed by atoms with Crippen LogP contribution in [0.4, 0.5) is 4.79 Å². The van der Waals surface area contributed by atoms with E-state index in [2.05, 4.69) is 5.32 Å². The minimum absolute atomic E-state index is 0.117. The van der Waals surface area contributed by atoms with Crippen molar-refractivity contribution < 1.29 is 24.2 Å². The van der Waals surface area contributed by atoms with Gasteiger partial charge in [-0.15, -0.1) is 0 Å². The standard InChI is InChI=1S/C15H19NO5/c1-15(2,3)21-14(19)16-11-8-20-13(18)10-7-5-4-6-9(10)12(11)17/h4-7,11-12,17H,8H2,1-3H3,(H,16,19)/t11-,12+/m1/s1. The van der Waals surface area contributed by atoms with E-state index < -0.39 is 29.8 Å². The number of carbonyl (C=O) groups is 2. The van der Waals surface area contributed by atoms with E-state index in [0.29, 0.717) is 11.1 Å². The molecule has 0 radical (unpaired) electrons. The molecule has 1 heterocycles. The third kappa shape index (κ3) is 3.72. The molecule has 1 aromatic carbocycles. The first-order chi connectivity index (χ1) is 9.78. The van der Waals surface area contributed by atoms with Crippen molar-refractivity contribution in [3.63, 3.8) is 0 Å². The fourth-order valence-corrected chi connectivity index (χ4v) is 2.07. The molecule has 0 spiro atoms. The molecule has 0 bridgehead atoms. The Bertz CT molecular complexity index is 549. The molecule has 0 saturated heterocycles. The van der Waals surface area contributed by atoms with E-state index in [4.69, 9.17) is 9.47 Å². The number of hydrogen-bond acceptors (Lipinski definition) is 5. The lowest BCUT2D eigenvalue weighted by atomic mass is 9.99. The monoisotopic (exact) mass is 293 g/mol. The Labute approximate surface area is 123 Å². The molecular formula is C15H19NO5. The molecule has 1 amide bonds. The van der Waals surface area contributed by atoms with E-state index in [-0.39, 0.29) is 6.61 Å². The first-order valence-corrected chi connectivity index (χ1v) is 6.71. The quantitative estimate of drug-likeness (QED) is 0.771. The minimum atomic E-state index is -1.04. The summed E-state index contributed by atoms with van der Waals surface area (Å²) in [5.41, 5.74) is 0.0912. The molecule has 2 N–H and O–H groups in total. The van der Waals surface area contributed by atoms with Crippen molar-refractivity contribution in [1.82, 2.24) is 5.32 Å². The van der Waals surface area contributed by atoms with Crippen molar-refractivity contribution >= 4 is 12.1 Å². The van der Waals surface area contributed by atoms with Crippen LogP contribution in [0.25, 0.3) is 0 Å². The summed E-state index contributed by atoms with van der Waals surface area (Å²) in [6, 6.07) is 5.86. The van der Waals surface area contributed by atoms with Crippen LogP contribution in [0.5, 0.6) is 0 Å². The second-order valence-corrected chi connectivity index (χ2v) is 5.88. The zero-order valence-electron chi connectivity index (χ0n) is 12.3. The lowest BCUT2D eigenvalue weighted by molar-refractivity contribution is 0.0250. The molecule has 0 saturated carbocycles. The van der Waals surface area contributed by atoms with Crippen LogP contribution in [0.15, 0.2) is 24.3 Å². The SMILES string of the molecule is CC(C)(C)OC(=O)N[C@@H]1COC(=O)c2ccccc2[C@@H]1O. The predicted octanol–water partition coefficient (Wildman–Crippen LogP) is 1.78. The smallest absolute Gasteiger partial charge is 0.408 e. The number of ether oxygens (including phenoxy) is 2. The fourth-order valence-electron chi connectivity index (χ4n) is 2.07. The molecule has 114 valence electrons. The van der Waals surface area contributed by atoms with Gasteiger partial charge < -0.3 is 19.9 Å². The molecule has 21 heavy (non-hydrogen) atoms. The van der Waals surface area contributed by atoms with Crippen LogP contribution >= 0.6 is 0 Å². The maximum atomic E-state index is 11.8. The maximum Gasteiger partial charge on any atom is 0.408 e. The average molecular weight is 293 g/mol. The van der Waals surface area contributed by atoms with E-state index >= 15 is 0 Å². The highest BCUT2D eigenvalue weighted by molar-refractivity contribution is 5.91. The summed E-state index contributed by atoms with van der Waals surface area (Å²) in [5.74, 6) is -0.516.